The second-order valence-electron chi connectivity index (χ2n) is 12.0. The Kier molecular flexibility index (Phi) is 13.1. The van der Waals surface area contributed by atoms with E-state index in [1.807, 2.05) is 6.07 Å². The van der Waals surface area contributed by atoms with Gasteiger partial charge < -0.3 is 18.9 Å². The van der Waals surface area contributed by atoms with E-state index < -0.39 is 6.16 Å². The van der Waals surface area contributed by atoms with Crippen LogP contribution < -0.4 is 4.74 Å². The Hall–Kier alpha value is -4.06. The van der Waals surface area contributed by atoms with Gasteiger partial charge in [-0.05, 0) is 90.1 Å². The molecule has 0 saturated carbocycles. The summed E-state index contributed by atoms with van der Waals surface area (Å²) in [6.07, 6.45) is 9.26. The second-order valence-corrected chi connectivity index (χ2v) is 12.0. The molecule has 4 rings (SSSR count). The molecule has 0 radical (unpaired) electrons. The monoisotopic (exact) mass is 612 g/mol. The lowest BCUT2D eigenvalue weighted by Gasteiger charge is -2.22. The van der Waals surface area contributed by atoms with Gasteiger partial charge in [-0.3, -0.25) is 0 Å². The Morgan fingerprint density at radius 1 is 0.822 bits per heavy atom. The van der Waals surface area contributed by atoms with Crippen LogP contribution in [0.3, 0.4) is 0 Å². The normalized spacial score (nSPS) is 13.2. The number of hydrogen-bond acceptors (Lipinski definition) is 6. The second kappa shape index (κ2) is 17.4. The fourth-order valence-corrected chi connectivity index (χ4v) is 5.54. The van der Waals surface area contributed by atoms with Crippen molar-refractivity contribution in [1.82, 2.24) is 0 Å². The zero-order chi connectivity index (χ0) is 32.0. The van der Waals surface area contributed by atoms with Gasteiger partial charge in [-0.15, -0.1) is 0 Å². The highest BCUT2D eigenvalue weighted by molar-refractivity contribution is 5.86. The third-order valence-electron chi connectivity index (χ3n) is 8.23. The van der Waals surface area contributed by atoms with Crippen LogP contribution in [-0.4, -0.2) is 38.6 Å². The Morgan fingerprint density at radius 3 is 2.18 bits per heavy atom. The summed E-state index contributed by atoms with van der Waals surface area (Å²) in [4.78, 5) is 23.1. The van der Waals surface area contributed by atoms with Gasteiger partial charge >= 0.3 is 12.1 Å². The highest BCUT2D eigenvalue weighted by Crippen LogP contribution is 2.33. The van der Waals surface area contributed by atoms with Gasteiger partial charge in [0, 0.05) is 5.57 Å². The van der Waals surface area contributed by atoms with Gasteiger partial charge in [0.15, 0.2) is 0 Å². The highest BCUT2D eigenvalue weighted by atomic mass is 16.7. The van der Waals surface area contributed by atoms with Crippen molar-refractivity contribution in [2.24, 2.45) is 5.92 Å². The maximum atomic E-state index is 11.8. The van der Waals surface area contributed by atoms with Crippen LogP contribution in [0.4, 0.5) is 4.79 Å². The summed E-state index contributed by atoms with van der Waals surface area (Å²) in [5.41, 5.74) is 8.90. The van der Waals surface area contributed by atoms with Crippen molar-refractivity contribution < 1.29 is 28.5 Å². The van der Waals surface area contributed by atoms with E-state index in [2.05, 4.69) is 75.0 Å². The molecule has 0 amide bonds. The molecule has 1 aliphatic rings. The number of benzene rings is 3. The largest absolute Gasteiger partial charge is 0.508 e. The smallest absolute Gasteiger partial charge is 0.493 e. The number of unbranched alkanes of at least 4 members (excludes halogenated alkanes) is 4. The summed E-state index contributed by atoms with van der Waals surface area (Å²) in [6, 6.07) is 22.1. The lowest BCUT2D eigenvalue weighted by molar-refractivity contribution is -0.139. The summed E-state index contributed by atoms with van der Waals surface area (Å²) in [5, 5.41) is 0. The molecular weight excluding hydrogens is 564 g/mol. The number of carbonyl (C=O) groups is 2. The molecule has 1 fully saturated rings. The molecule has 1 saturated heterocycles. The topological polar surface area (TPSA) is 71.1 Å². The average Bonchev–Trinajstić information content (AvgIpc) is 3.06. The van der Waals surface area contributed by atoms with Crippen molar-refractivity contribution in [3.63, 3.8) is 0 Å². The van der Waals surface area contributed by atoms with E-state index in [9.17, 15) is 9.59 Å². The first-order valence-electron chi connectivity index (χ1n) is 16.5. The molecular formula is C39H48O6. The van der Waals surface area contributed by atoms with Crippen molar-refractivity contribution in [1.29, 1.82) is 0 Å². The first-order chi connectivity index (χ1) is 21.9. The van der Waals surface area contributed by atoms with Gasteiger partial charge in [0.1, 0.15) is 19.0 Å². The van der Waals surface area contributed by atoms with Gasteiger partial charge in [-0.2, -0.15) is 0 Å². The Balaban J connectivity index is 1.48. The molecule has 240 valence electrons. The van der Waals surface area contributed by atoms with E-state index >= 15 is 0 Å². The molecule has 0 aromatic heterocycles. The SMILES string of the molecule is C=C(C)C(=O)OCCCc1cc(-c2ccc(-c3ccc(CCCCCCC)cc3)c(CC)c2)ccc1OCC1COC(=O)OC1. The van der Waals surface area contributed by atoms with Crippen LogP contribution in [0, 0.1) is 5.92 Å². The quantitative estimate of drug-likeness (QED) is 0.0859. The van der Waals surface area contributed by atoms with Crippen molar-refractivity contribution >= 4 is 12.1 Å². The molecule has 0 atom stereocenters. The molecule has 0 spiro atoms. The lowest BCUT2D eigenvalue weighted by atomic mass is 9.92. The van der Waals surface area contributed by atoms with Gasteiger partial charge in [0.05, 0.1) is 19.1 Å². The van der Waals surface area contributed by atoms with E-state index in [0.29, 0.717) is 31.6 Å². The van der Waals surface area contributed by atoms with Crippen LogP contribution in [0.15, 0.2) is 72.8 Å². The molecule has 3 aromatic rings. The molecule has 6 heteroatoms. The lowest BCUT2D eigenvalue weighted by Crippen LogP contribution is -2.31. The van der Waals surface area contributed by atoms with Crippen molar-refractivity contribution in [2.45, 2.75) is 78.6 Å². The Bertz CT molecular complexity index is 1410. The van der Waals surface area contributed by atoms with Crippen LogP contribution in [0.2, 0.25) is 0 Å². The Morgan fingerprint density at radius 2 is 1.49 bits per heavy atom. The van der Waals surface area contributed by atoms with Crippen molar-refractivity contribution in [3.8, 4) is 28.0 Å². The first-order valence-corrected chi connectivity index (χ1v) is 16.5. The molecule has 45 heavy (non-hydrogen) atoms. The van der Waals surface area contributed by atoms with E-state index in [1.54, 1.807) is 6.92 Å². The number of carbonyl (C=O) groups excluding carboxylic acids is 2. The molecule has 1 heterocycles. The molecule has 6 nitrogen and oxygen atoms in total. The number of esters is 1. The van der Waals surface area contributed by atoms with Gasteiger partial charge in [0.2, 0.25) is 0 Å². The standard InChI is InChI=1S/C39H48O6/c1-5-7-8-9-10-12-29-14-16-32(17-15-29)36-20-18-33(23-31(36)6-2)34-19-21-37(43-25-30-26-44-39(41)45-27-30)35(24-34)13-11-22-42-38(40)28(3)4/h14-21,23-24,30H,3,5-13,22,25-27H2,1-2,4H3. The molecule has 0 N–H and O–H groups in total. The fourth-order valence-electron chi connectivity index (χ4n) is 5.54. The summed E-state index contributed by atoms with van der Waals surface area (Å²) in [7, 11) is 0. The third kappa shape index (κ3) is 10.2. The zero-order valence-corrected chi connectivity index (χ0v) is 27.2. The maximum absolute atomic E-state index is 11.8. The van der Waals surface area contributed by atoms with Crippen molar-refractivity contribution in [2.75, 3.05) is 26.4 Å². The Labute approximate surface area is 268 Å². The van der Waals surface area contributed by atoms with E-state index in [1.165, 1.54) is 54.4 Å². The average molecular weight is 613 g/mol. The highest BCUT2D eigenvalue weighted by Gasteiger charge is 2.22. The number of aryl methyl sites for hydroxylation is 3. The molecule has 0 aliphatic carbocycles. The molecule has 1 aliphatic heterocycles. The predicted octanol–water partition coefficient (Wildman–Crippen LogP) is 9.31. The minimum Gasteiger partial charge on any atom is -0.493 e. The first kappa shape index (κ1) is 33.8. The fraction of sp³-hybridized carbons (Fsp3) is 0.436. The van der Waals surface area contributed by atoms with Crippen LogP contribution in [0.5, 0.6) is 5.75 Å². The van der Waals surface area contributed by atoms with E-state index in [-0.39, 0.29) is 25.1 Å². The van der Waals surface area contributed by atoms with Crippen LogP contribution in [0.1, 0.15) is 76.0 Å². The maximum Gasteiger partial charge on any atom is 0.508 e. The summed E-state index contributed by atoms with van der Waals surface area (Å²) < 4.78 is 21.5. The minimum absolute atomic E-state index is 0.0359. The van der Waals surface area contributed by atoms with Crippen LogP contribution in [0.25, 0.3) is 22.3 Å². The number of cyclic esters (lactones) is 2. The molecule has 3 aromatic carbocycles. The van der Waals surface area contributed by atoms with Gasteiger partial charge in [-0.1, -0.05) is 94.6 Å². The summed E-state index contributed by atoms with van der Waals surface area (Å²) in [5.74, 6) is 0.349. The molecule has 0 bridgehead atoms. The van der Waals surface area contributed by atoms with E-state index in [0.717, 1.165) is 35.3 Å². The summed E-state index contributed by atoms with van der Waals surface area (Å²) in [6.45, 7) is 11.0. The summed E-state index contributed by atoms with van der Waals surface area (Å²) >= 11 is 0. The van der Waals surface area contributed by atoms with Crippen molar-refractivity contribution in [3.05, 3.63) is 89.5 Å². The minimum atomic E-state index is -0.636. The van der Waals surface area contributed by atoms with E-state index in [4.69, 9.17) is 18.9 Å². The third-order valence-corrected chi connectivity index (χ3v) is 8.23. The van der Waals surface area contributed by atoms with Gasteiger partial charge in [-0.25, -0.2) is 9.59 Å². The molecule has 0 unspecified atom stereocenters. The number of hydrogen-bond donors (Lipinski definition) is 0. The predicted molar refractivity (Wildman–Crippen MR) is 180 cm³/mol. The van der Waals surface area contributed by atoms with Crippen LogP contribution in [-0.2, 0) is 38.3 Å². The van der Waals surface area contributed by atoms with Crippen LogP contribution >= 0.6 is 0 Å². The number of ether oxygens (including phenoxy) is 4. The number of rotatable bonds is 17. The van der Waals surface area contributed by atoms with Gasteiger partial charge in [0.25, 0.3) is 0 Å². The zero-order valence-electron chi connectivity index (χ0n) is 27.2.